The number of rotatable bonds is 8. The standard InChI is InChI=1S/C28H26N4O3/c1-2-35-21-15-13-20(14-16-21)32-27-26(30-22-11-6-7-12-23(22)31-27)24(28(32)34)25(29-17-8-18-33)19-9-4-3-5-10-19/h3-7,9-16,33-34H,2,8,17-18H2,1H3. The number of benzene rings is 3. The van der Waals surface area contributed by atoms with Gasteiger partial charge in [0.05, 0.1) is 34.6 Å². The summed E-state index contributed by atoms with van der Waals surface area (Å²) in [5.74, 6) is 0.755. The zero-order valence-corrected chi connectivity index (χ0v) is 19.4. The molecule has 0 aliphatic carbocycles. The predicted molar refractivity (Wildman–Crippen MR) is 138 cm³/mol. The van der Waals surface area contributed by atoms with Crippen LogP contribution in [0.4, 0.5) is 0 Å². The number of nitrogens with zero attached hydrogens (tertiary/aromatic N) is 4. The van der Waals surface area contributed by atoms with Crippen molar-refractivity contribution in [1.29, 1.82) is 0 Å². The molecule has 2 N–H and O–H groups in total. The third kappa shape index (κ3) is 4.34. The largest absolute Gasteiger partial charge is 0.494 e. The Bertz CT molecular complexity index is 1490. The average molecular weight is 467 g/mol. The minimum absolute atomic E-state index is 0.00562. The van der Waals surface area contributed by atoms with Crippen molar-refractivity contribution in [3.63, 3.8) is 0 Å². The van der Waals surface area contributed by atoms with Crippen molar-refractivity contribution in [2.75, 3.05) is 19.8 Å². The van der Waals surface area contributed by atoms with Gasteiger partial charge in [0.1, 0.15) is 11.3 Å². The van der Waals surface area contributed by atoms with Gasteiger partial charge in [-0.25, -0.2) is 9.97 Å². The van der Waals surface area contributed by atoms with Gasteiger partial charge in [-0.15, -0.1) is 0 Å². The topological polar surface area (TPSA) is 92.8 Å². The van der Waals surface area contributed by atoms with Gasteiger partial charge >= 0.3 is 0 Å². The highest BCUT2D eigenvalue weighted by atomic mass is 16.5. The number of aromatic hydroxyl groups is 1. The molecule has 0 saturated heterocycles. The summed E-state index contributed by atoms with van der Waals surface area (Å²) >= 11 is 0. The number of aliphatic hydroxyl groups excluding tert-OH is 1. The molecule has 0 spiro atoms. The molecule has 0 amide bonds. The van der Waals surface area contributed by atoms with Crippen LogP contribution in [0.5, 0.6) is 11.6 Å². The quantitative estimate of drug-likeness (QED) is 0.251. The first kappa shape index (κ1) is 22.6. The fourth-order valence-electron chi connectivity index (χ4n) is 4.13. The fourth-order valence-corrected chi connectivity index (χ4v) is 4.13. The van der Waals surface area contributed by atoms with Crippen LogP contribution in [0.3, 0.4) is 0 Å². The Morgan fingerprint density at radius 3 is 2.29 bits per heavy atom. The SMILES string of the molecule is CCOc1ccc(-n2c(O)c(C(=NCCCO)c3ccccc3)c3nc4ccccc4nc32)cc1. The molecule has 7 heteroatoms. The Morgan fingerprint density at radius 1 is 0.914 bits per heavy atom. The number of para-hydroxylation sites is 2. The second-order valence-corrected chi connectivity index (χ2v) is 8.02. The van der Waals surface area contributed by atoms with E-state index in [1.807, 2.05) is 85.8 Å². The number of hydrogen-bond acceptors (Lipinski definition) is 6. The van der Waals surface area contributed by atoms with Crippen LogP contribution in [0.25, 0.3) is 27.9 Å². The minimum atomic E-state index is 0.00562. The van der Waals surface area contributed by atoms with Gasteiger partial charge < -0.3 is 14.9 Å². The lowest BCUT2D eigenvalue weighted by Crippen LogP contribution is -2.06. The van der Waals surface area contributed by atoms with Crippen molar-refractivity contribution < 1.29 is 14.9 Å². The molecule has 0 saturated carbocycles. The Hall–Kier alpha value is -4.23. The van der Waals surface area contributed by atoms with Crippen molar-refractivity contribution in [1.82, 2.24) is 14.5 Å². The van der Waals surface area contributed by atoms with Crippen LogP contribution in [-0.2, 0) is 0 Å². The molecular weight excluding hydrogens is 440 g/mol. The molecule has 0 atom stereocenters. The monoisotopic (exact) mass is 466 g/mol. The summed E-state index contributed by atoms with van der Waals surface area (Å²) in [6, 6.07) is 24.8. The first-order valence-corrected chi connectivity index (χ1v) is 11.7. The van der Waals surface area contributed by atoms with Crippen LogP contribution < -0.4 is 4.74 Å². The molecule has 2 aromatic heterocycles. The van der Waals surface area contributed by atoms with Gasteiger partial charge in [-0.05, 0) is 49.7 Å². The van der Waals surface area contributed by atoms with Crippen LogP contribution in [0, 0.1) is 0 Å². The number of aromatic nitrogens is 3. The molecule has 0 aliphatic heterocycles. The number of hydrogen-bond donors (Lipinski definition) is 2. The third-order valence-electron chi connectivity index (χ3n) is 5.71. The molecule has 2 heterocycles. The average Bonchev–Trinajstić information content (AvgIpc) is 3.17. The summed E-state index contributed by atoms with van der Waals surface area (Å²) in [4.78, 5) is 14.6. The highest BCUT2D eigenvalue weighted by molar-refractivity contribution is 6.20. The smallest absolute Gasteiger partial charge is 0.209 e. The van der Waals surface area contributed by atoms with Gasteiger partial charge in [-0.2, -0.15) is 0 Å². The van der Waals surface area contributed by atoms with Crippen molar-refractivity contribution in [2.45, 2.75) is 13.3 Å². The first-order valence-electron chi connectivity index (χ1n) is 11.7. The number of aliphatic imine (C=N–C) groups is 1. The van der Waals surface area contributed by atoms with Crippen molar-refractivity contribution in [3.05, 3.63) is 90.0 Å². The van der Waals surface area contributed by atoms with Crippen LogP contribution in [0.15, 0.2) is 83.9 Å². The highest BCUT2D eigenvalue weighted by Gasteiger charge is 2.25. The van der Waals surface area contributed by atoms with E-state index in [0.717, 1.165) is 28.0 Å². The molecule has 3 aromatic carbocycles. The maximum atomic E-state index is 11.7. The molecule has 0 fully saturated rings. The van der Waals surface area contributed by atoms with E-state index in [4.69, 9.17) is 19.7 Å². The van der Waals surface area contributed by atoms with E-state index < -0.39 is 0 Å². The fraction of sp³-hybridized carbons (Fsp3) is 0.179. The van der Waals surface area contributed by atoms with Gasteiger partial charge in [-0.1, -0.05) is 42.5 Å². The van der Waals surface area contributed by atoms with E-state index in [1.165, 1.54) is 0 Å². The number of ether oxygens (including phenoxy) is 1. The second-order valence-electron chi connectivity index (χ2n) is 8.02. The molecule has 35 heavy (non-hydrogen) atoms. The summed E-state index contributed by atoms with van der Waals surface area (Å²) in [5, 5.41) is 21.0. The van der Waals surface area contributed by atoms with Crippen molar-refractivity contribution in [3.8, 4) is 17.3 Å². The van der Waals surface area contributed by atoms with Crippen molar-refractivity contribution in [2.24, 2.45) is 4.99 Å². The van der Waals surface area contributed by atoms with Crippen LogP contribution in [-0.4, -0.2) is 50.2 Å². The summed E-state index contributed by atoms with van der Waals surface area (Å²) in [6.45, 7) is 2.96. The van der Waals surface area contributed by atoms with E-state index in [2.05, 4.69) is 0 Å². The maximum absolute atomic E-state index is 11.7. The molecule has 5 rings (SSSR count). The molecule has 176 valence electrons. The van der Waals surface area contributed by atoms with Gasteiger partial charge in [-0.3, -0.25) is 9.56 Å². The van der Waals surface area contributed by atoms with Gasteiger partial charge in [0.25, 0.3) is 0 Å². The summed E-state index contributed by atoms with van der Waals surface area (Å²) in [6.07, 6.45) is 0.517. The maximum Gasteiger partial charge on any atom is 0.209 e. The van der Waals surface area contributed by atoms with Gasteiger partial charge in [0.2, 0.25) is 5.88 Å². The molecule has 0 aliphatic rings. The van der Waals surface area contributed by atoms with Crippen molar-refractivity contribution >= 4 is 27.9 Å². The Balaban J connectivity index is 1.80. The zero-order chi connectivity index (χ0) is 24.2. The van der Waals surface area contributed by atoms with E-state index in [1.54, 1.807) is 4.57 Å². The molecule has 0 bridgehead atoms. The van der Waals surface area contributed by atoms with E-state index in [0.29, 0.717) is 42.0 Å². The molecule has 5 aromatic rings. The minimum Gasteiger partial charge on any atom is -0.494 e. The molecule has 0 radical (unpaired) electrons. The van der Waals surface area contributed by atoms with Crippen LogP contribution >= 0.6 is 0 Å². The third-order valence-corrected chi connectivity index (χ3v) is 5.71. The lowest BCUT2D eigenvalue weighted by Gasteiger charge is -2.10. The van der Waals surface area contributed by atoms with E-state index in [-0.39, 0.29) is 12.5 Å². The lowest BCUT2D eigenvalue weighted by atomic mass is 10.0. The van der Waals surface area contributed by atoms with E-state index in [9.17, 15) is 10.2 Å². The number of aliphatic hydroxyl groups is 1. The Morgan fingerprint density at radius 2 is 1.60 bits per heavy atom. The Kier molecular flexibility index (Phi) is 6.41. The van der Waals surface area contributed by atoms with E-state index >= 15 is 0 Å². The van der Waals surface area contributed by atoms with Gasteiger partial charge in [0.15, 0.2) is 5.65 Å². The zero-order valence-electron chi connectivity index (χ0n) is 19.4. The molecular formula is C28H26N4O3. The lowest BCUT2D eigenvalue weighted by molar-refractivity contribution is 0.291. The molecule has 0 unspecified atom stereocenters. The summed E-state index contributed by atoms with van der Waals surface area (Å²) < 4.78 is 7.29. The predicted octanol–water partition coefficient (Wildman–Crippen LogP) is 4.90. The van der Waals surface area contributed by atoms with Crippen LogP contribution in [0.1, 0.15) is 24.5 Å². The normalized spacial score (nSPS) is 11.9. The number of fused-ring (bicyclic) bond motifs is 2. The summed E-state index contributed by atoms with van der Waals surface area (Å²) in [5.41, 5.74) is 5.25. The highest BCUT2D eigenvalue weighted by Crippen LogP contribution is 2.36. The Labute approximate surface area is 203 Å². The second kappa shape index (κ2) is 9.95. The molecule has 7 nitrogen and oxygen atoms in total. The van der Waals surface area contributed by atoms with Crippen LogP contribution in [0.2, 0.25) is 0 Å². The first-order chi connectivity index (χ1) is 17.2. The van der Waals surface area contributed by atoms with Gasteiger partial charge in [0, 0.05) is 18.7 Å². The summed E-state index contributed by atoms with van der Waals surface area (Å²) in [7, 11) is 0.